The van der Waals surface area contributed by atoms with Gasteiger partial charge in [-0.05, 0) is 160 Å². The highest BCUT2D eigenvalue weighted by atomic mass is 28.4. The second-order valence-corrected chi connectivity index (χ2v) is 113. The van der Waals surface area contributed by atoms with Crippen LogP contribution in [0.15, 0.2) is 60.0 Å². The normalized spacial score (nSPS) is 14.1. The number of aryl methyl sites for hydroxylation is 6. The molecule has 90 heavy (non-hydrogen) atoms. The fourth-order valence-electron chi connectivity index (χ4n) is 20.6. The SMILES string of the molecule is Cc1cc(C)c([Si](=C=C=C=C=[Si](c2c(C)cc(C)cc2C)c2c(C([Si](C)(C)C)[Si](C)(C)C)cc(C([Si](C)(C)C)[Si](C)(C)C)cc2C([Si](C)(C)C)[Si](C)(C)C)c2c(C([Si](C)(C)C)[Si](C)(C)C)cc(C([Si](C)(C)C)[Si](C)(C)C)cc2C([Si](C)(C)C)[Si](C)(C)C)c(C)c1. The largest absolute Gasteiger partial charge is 0.148 e. The van der Waals surface area contributed by atoms with Crippen LogP contribution in [0.2, 0.25) is 236 Å². The monoisotopic (exact) mass is 1440 g/mol. The van der Waals surface area contributed by atoms with E-state index >= 15 is 0 Å². The van der Waals surface area contributed by atoms with Crippen molar-refractivity contribution in [2.24, 2.45) is 0 Å². The van der Waals surface area contributed by atoms with Gasteiger partial charge in [0, 0.05) is 96.9 Å². The number of hydrogen-bond acceptors (Lipinski definition) is 0. The van der Waals surface area contributed by atoms with Crippen LogP contribution in [0.3, 0.4) is 0 Å². The molecular weight excluding hydrogens is 1310 g/mol. The standard InChI is InChI=1S/C76H140Si14/c1-55-47-57(3)67(58(4)48-55)77(69-63(73(83(19,20)21)84(22,23)24)51-61(71(79(7,8)9)80(10,11)12)52-64(69)74(85(25,26)27)86(28,29)30)45-43-44-46-78(68-59(5)49-56(2)50-60(68)6)70-65(75(87(31,32)33)88(34,35)36)53-62(72(81(13,14)15)82(16,17)18)54-66(70)76(89(37,38)39)90(40,41)42/h47-54,71-76H,1-42H3. The third kappa shape index (κ3) is 19.4. The average molecular weight is 1450 g/mol. The number of hydrogen-bond donors (Lipinski definition) is 0. The molecule has 0 saturated heterocycles. The van der Waals surface area contributed by atoms with Gasteiger partial charge >= 0.3 is 0 Å². The Morgan fingerprint density at radius 2 is 0.378 bits per heavy atom. The van der Waals surface area contributed by atoms with E-state index in [0.717, 1.165) is 0 Å². The molecule has 0 heterocycles. The minimum absolute atomic E-state index is 0.574. The van der Waals surface area contributed by atoms with Crippen molar-refractivity contribution in [1.82, 2.24) is 0 Å². The summed E-state index contributed by atoms with van der Waals surface area (Å²) in [6.07, 6.45) is 0. The maximum absolute atomic E-state index is 4.49. The lowest BCUT2D eigenvalue weighted by Crippen LogP contribution is -2.55. The third-order valence-corrected chi connectivity index (χ3v) is 80.8. The van der Waals surface area contributed by atoms with E-state index in [0.29, 0.717) is 31.0 Å². The van der Waals surface area contributed by atoms with E-state index in [1.165, 1.54) is 43.8 Å². The van der Waals surface area contributed by atoms with E-state index < -0.39 is 114 Å². The summed E-state index contributed by atoms with van der Waals surface area (Å²) in [4.78, 5) is 0. The molecule has 14 heteroatoms. The molecule has 0 aliphatic heterocycles. The molecule has 500 valence electrons. The Morgan fingerprint density at radius 1 is 0.222 bits per heavy atom. The highest BCUT2D eigenvalue weighted by Gasteiger charge is 2.50. The summed E-state index contributed by atoms with van der Waals surface area (Å²) in [6, 6.07) is 21.8. The van der Waals surface area contributed by atoms with Crippen LogP contribution < -0.4 is 20.7 Å². The first-order valence-corrected chi connectivity index (χ1v) is 81.0. The van der Waals surface area contributed by atoms with Crippen molar-refractivity contribution in [2.45, 2.75) is 308 Å². The molecule has 4 aromatic carbocycles. The van der Waals surface area contributed by atoms with Crippen LogP contribution in [0.1, 0.15) is 97.7 Å². The molecule has 0 amide bonds. The van der Waals surface area contributed by atoms with Crippen LogP contribution in [-0.2, 0) is 0 Å². The van der Waals surface area contributed by atoms with Crippen molar-refractivity contribution in [3.05, 3.63) is 127 Å². The predicted octanol–water partition coefficient (Wildman–Crippen LogP) is 21.3. The molecule has 0 unspecified atom stereocenters. The fourth-order valence-corrected chi connectivity index (χ4v) is 103. The maximum atomic E-state index is 4.49. The van der Waals surface area contributed by atoms with Crippen molar-refractivity contribution in [2.75, 3.05) is 0 Å². The Morgan fingerprint density at radius 3 is 0.522 bits per heavy atom. The second-order valence-electron chi connectivity index (χ2n) is 41.9. The zero-order valence-electron chi connectivity index (χ0n) is 67.1. The molecule has 0 saturated carbocycles. The molecule has 0 aliphatic rings. The first-order chi connectivity index (χ1) is 39.8. The van der Waals surface area contributed by atoms with Gasteiger partial charge in [0.05, 0.1) is 0 Å². The fraction of sp³-hybridized carbons (Fsp3) is 0.632. The lowest BCUT2D eigenvalue weighted by molar-refractivity contribution is 1.09. The summed E-state index contributed by atoms with van der Waals surface area (Å²) in [5.41, 5.74) is 27.0. The third-order valence-electron chi connectivity index (χ3n) is 19.5. The average Bonchev–Trinajstić information content (AvgIpc) is 0.732. The lowest BCUT2D eigenvalue weighted by Gasteiger charge is -2.46. The van der Waals surface area contributed by atoms with Gasteiger partial charge in [-0.1, -0.05) is 306 Å². The van der Waals surface area contributed by atoms with Crippen LogP contribution in [0, 0.1) is 41.5 Å². The molecule has 0 N–H and O–H groups in total. The maximum Gasteiger partial charge on any atom is 0.148 e. The smallest absolute Gasteiger partial charge is 0.0882 e. The molecule has 0 atom stereocenters. The second kappa shape index (κ2) is 27.7. The van der Waals surface area contributed by atoms with Crippen molar-refractivity contribution in [3.8, 4) is 0 Å². The number of benzene rings is 4. The zero-order chi connectivity index (χ0) is 70.3. The van der Waals surface area contributed by atoms with Gasteiger partial charge in [0.25, 0.3) is 0 Å². The van der Waals surface area contributed by atoms with Gasteiger partial charge in [0.1, 0.15) is 16.8 Å². The van der Waals surface area contributed by atoms with Crippen molar-refractivity contribution in [1.29, 1.82) is 0 Å². The van der Waals surface area contributed by atoms with Crippen LogP contribution in [0.25, 0.3) is 0 Å². The summed E-state index contributed by atoms with van der Waals surface area (Å²) in [6.45, 7) is 112. The molecule has 4 rings (SSSR count). The highest BCUT2D eigenvalue weighted by Crippen LogP contribution is 2.47. The molecule has 0 radical (unpaired) electrons. The van der Waals surface area contributed by atoms with E-state index in [-0.39, 0.29) is 0 Å². The topological polar surface area (TPSA) is 0 Å². The van der Waals surface area contributed by atoms with Gasteiger partial charge in [-0.25, -0.2) is 0 Å². The minimum Gasteiger partial charge on any atom is -0.0882 e. The van der Waals surface area contributed by atoms with Gasteiger partial charge in [-0.15, -0.1) is 0 Å². The Labute approximate surface area is 575 Å². The molecule has 0 nitrogen and oxygen atoms in total. The molecule has 0 spiro atoms. The molecule has 0 fully saturated rings. The summed E-state index contributed by atoms with van der Waals surface area (Å²) in [5.74, 6) is 0. The summed E-state index contributed by atoms with van der Waals surface area (Å²) in [5, 5.41) is 19.1. The van der Waals surface area contributed by atoms with E-state index in [9.17, 15) is 0 Å². The summed E-state index contributed by atoms with van der Waals surface area (Å²) in [7, 11) is -25.4. The molecule has 0 aliphatic carbocycles. The summed E-state index contributed by atoms with van der Waals surface area (Å²) >= 11 is 0. The van der Waals surface area contributed by atoms with Gasteiger partial charge in [-0.3, -0.25) is 0 Å². The van der Waals surface area contributed by atoms with Crippen LogP contribution in [0.4, 0.5) is 0 Å². The zero-order valence-corrected chi connectivity index (χ0v) is 81.1. The van der Waals surface area contributed by atoms with Crippen molar-refractivity contribution < 1.29 is 0 Å². The van der Waals surface area contributed by atoms with E-state index in [1.807, 2.05) is 0 Å². The van der Waals surface area contributed by atoms with Gasteiger partial charge in [-0.2, -0.15) is 0 Å². The van der Waals surface area contributed by atoms with Crippen molar-refractivity contribution in [3.63, 3.8) is 0 Å². The van der Waals surface area contributed by atoms with Gasteiger partial charge < -0.3 is 0 Å². The quantitative estimate of drug-likeness (QED) is 0.0543. The van der Waals surface area contributed by atoms with E-state index in [1.54, 1.807) is 43.8 Å². The first kappa shape index (κ1) is 81.5. The Hall–Kier alpha value is -0.964. The van der Waals surface area contributed by atoms with Gasteiger partial charge in [0.2, 0.25) is 0 Å². The van der Waals surface area contributed by atoms with E-state index in [2.05, 4.69) is 348 Å². The Bertz CT molecular complexity index is 3000. The van der Waals surface area contributed by atoms with Crippen LogP contribution >= 0.6 is 0 Å². The van der Waals surface area contributed by atoms with Crippen LogP contribution in [0.5, 0.6) is 0 Å². The van der Waals surface area contributed by atoms with E-state index in [4.69, 9.17) is 0 Å². The summed E-state index contributed by atoms with van der Waals surface area (Å²) < 4.78 is 0. The Kier molecular flexibility index (Phi) is 25.1. The van der Waals surface area contributed by atoms with Gasteiger partial charge in [0.15, 0.2) is 0 Å². The molecule has 4 aromatic rings. The minimum atomic E-state index is -1.87. The van der Waals surface area contributed by atoms with Crippen molar-refractivity contribution >= 4 is 145 Å². The Balaban J connectivity index is 2.89. The lowest BCUT2D eigenvalue weighted by atomic mass is 10.1. The number of rotatable bonds is 22. The first-order valence-electron chi connectivity index (χ1n) is 35.1. The molecular formula is C76H140Si14. The molecule has 0 bridgehead atoms. The molecule has 0 aromatic heterocycles. The highest BCUT2D eigenvalue weighted by molar-refractivity contribution is 7.02. The predicted molar refractivity (Wildman–Crippen MR) is 458 cm³/mol. The van der Waals surface area contributed by atoms with Crippen LogP contribution in [-0.4, -0.2) is 124 Å².